The number of imidazole rings is 1. The number of anilines is 3. The Morgan fingerprint density at radius 1 is 0.963 bits per heavy atom. The Morgan fingerprint density at radius 2 is 1.70 bits per heavy atom. The second-order valence-corrected chi connectivity index (χ2v) is 6.17. The van der Waals surface area contributed by atoms with Crippen molar-refractivity contribution in [2.75, 3.05) is 16.4 Å². The van der Waals surface area contributed by atoms with Crippen LogP contribution in [0.3, 0.4) is 0 Å². The molecule has 3 aromatic carbocycles. The number of nitrogen functional groups attached to an aromatic ring is 1. The molecule has 1 heterocycles. The summed E-state index contributed by atoms with van der Waals surface area (Å²) in [6.07, 6.45) is 0. The zero-order chi connectivity index (χ0) is 18.6. The van der Waals surface area contributed by atoms with Crippen LogP contribution in [-0.2, 0) is 6.54 Å². The maximum absolute atomic E-state index is 12.4. The number of benzene rings is 3. The van der Waals surface area contributed by atoms with Gasteiger partial charge in [0.05, 0.1) is 29.0 Å². The van der Waals surface area contributed by atoms with Gasteiger partial charge in [-0.1, -0.05) is 24.3 Å². The molecule has 0 saturated carbocycles. The number of carbonyl (C=O) groups is 1. The quantitative estimate of drug-likeness (QED) is 0.406. The summed E-state index contributed by atoms with van der Waals surface area (Å²) >= 11 is 0. The Hall–Kier alpha value is -3.80. The average Bonchev–Trinajstić information content (AvgIpc) is 3.11. The van der Waals surface area contributed by atoms with Crippen LogP contribution in [0.15, 0.2) is 72.8 Å². The minimum Gasteiger partial charge on any atom is -0.397 e. The molecule has 6 nitrogen and oxygen atoms in total. The first-order chi connectivity index (χ1) is 13.2. The Balaban J connectivity index is 1.39. The number of aromatic amines is 1. The van der Waals surface area contributed by atoms with Gasteiger partial charge in [-0.05, 0) is 48.5 Å². The number of H-pyrrole nitrogens is 1. The molecule has 0 unspecified atom stereocenters. The lowest BCUT2D eigenvalue weighted by Crippen LogP contribution is -2.13. The first kappa shape index (κ1) is 16.7. The smallest absolute Gasteiger partial charge is 0.255 e. The summed E-state index contributed by atoms with van der Waals surface area (Å²) in [6.45, 7) is 0.570. The van der Waals surface area contributed by atoms with Gasteiger partial charge in [-0.2, -0.15) is 0 Å². The lowest BCUT2D eigenvalue weighted by molar-refractivity contribution is 0.102. The molecule has 4 rings (SSSR count). The summed E-state index contributed by atoms with van der Waals surface area (Å²) in [4.78, 5) is 20.2. The van der Waals surface area contributed by atoms with Gasteiger partial charge in [0.15, 0.2) is 0 Å². The normalized spacial score (nSPS) is 10.7. The van der Waals surface area contributed by atoms with Crippen LogP contribution in [0, 0.1) is 0 Å². The molecule has 4 aromatic rings. The van der Waals surface area contributed by atoms with Crippen molar-refractivity contribution in [3.8, 4) is 0 Å². The highest BCUT2D eigenvalue weighted by molar-refractivity contribution is 6.05. The van der Waals surface area contributed by atoms with Crippen LogP contribution in [0.4, 0.5) is 17.1 Å². The number of hydrogen-bond acceptors (Lipinski definition) is 4. The molecule has 0 fully saturated rings. The molecule has 0 aliphatic carbocycles. The van der Waals surface area contributed by atoms with E-state index in [4.69, 9.17) is 5.73 Å². The van der Waals surface area contributed by atoms with Crippen molar-refractivity contribution in [2.45, 2.75) is 6.54 Å². The largest absolute Gasteiger partial charge is 0.397 e. The second kappa shape index (κ2) is 7.21. The predicted molar refractivity (Wildman–Crippen MR) is 109 cm³/mol. The highest BCUT2D eigenvalue weighted by Gasteiger charge is 2.08. The maximum atomic E-state index is 12.4. The zero-order valence-corrected chi connectivity index (χ0v) is 14.6. The number of aromatic nitrogens is 2. The van der Waals surface area contributed by atoms with E-state index in [1.165, 1.54) is 0 Å². The summed E-state index contributed by atoms with van der Waals surface area (Å²) in [5.74, 6) is 0.661. The maximum Gasteiger partial charge on any atom is 0.255 e. The number of fused-ring (bicyclic) bond motifs is 1. The monoisotopic (exact) mass is 357 g/mol. The summed E-state index contributed by atoms with van der Waals surface area (Å²) in [6, 6.07) is 22.4. The van der Waals surface area contributed by atoms with Crippen molar-refractivity contribution in [1.29, 1.82) is 0 Å². The third-order valence-corrected chi connectivity index (χ3v) is 4.25. The predicted octanol–water partition coefficient (Wildman–Crippen LogP) is 4.01. The van der Waals surface area contributed by atoms with E-state index in [1.807, 2.05) is 48.5 Å². The number of amides is 1. The average molecular weight is 357 g/mol. The first-order valence-electron chi connectivity index (χ1n) is 8.62. The molecule has 27 heavy (non-hydrogen) atoms. The minimum atomic E-state index is -0.197. The van der Waals surface area contributed by atoms with Crippen molar-refractivity contribution in [3.63, 3.8) is 0 Å². The molecular weight excluding hydrogens is 338 g/mol. The van der Waals surface area contributed by atoms with Crippen molar-refractivity contribution in [3.05, 3.63) is 84.2 Å². The molecule has 0 saturated heterocycles. The van der Waals surface area contributed by atoms with Gasteiger partial charge in [0.25, 0.3) is 5.91 Å². The third-order valence-electron chi connectivity index (χ3n) is 4.25. The van der Waals surface area contributed by atoms with E-state index in [9.17, 15) is 4.79 Å². The molecule has 0 spiro atoms. The van der Waals surface area contributed by atoms with E-state index in [0.29, 0.717) is 23.5 Å². The lowest BCUT2D eigenvalue weighted by atomic mass is 10.2. The van der Waals surface area contributed by atoms with E-state index in [2.05, 4.69) is 20.6 Å². The molecule has 0 radical (unpaired) electrons. The topological polar surface area (TPSA) is 95.8 Å². The van der Waals surface area contributed by atoms with Gasteiger partial charge in [0.1, 0.15) is 5.82 Å². The SMILES string of the molecule is Nc1ccccc1NC(=O)c1ccc(NCc2nc3ccccc3[nH]2)cc1. The Kier molecular flexibility index (Phi) is 4.45. The van der Waals surface area contributed by atoms with Gasteiger partial charge in [0.2, 0.25) is 0 Å². The van der Waals surface area contributed by atoms with E-state index >= 15 is 0 Å². The number of nitrogens with zero attached hydrogens (tertiary/aromatic N) is 1. The fraction of sp³-hybridized carbons (Fsp3) is 0.0476. The van der Waals surface area contributed by atoms with Crippen LogP contribution in [-0.4, -0.2) is 15.9 Å². The van der Waals surface area contributed by atoms with Crippen molar-refractivity contribution in [2.24, 2.45) is 0 Å². The van der Waals surface area contributed by atoms with Gasteiger partial charge >= 0.3 is 0 Å². The number of nitrogens with two attached hydrogens (primary N) is 1. The molecule has 134 valence electrons. The van der Waals surface area contributed by atoms with Gasteiger partial charge < -0.3 is 21.4 Å². The van der Waals surface area contributed by atoms with Crippen molar-refractivity contribution < 1.29 is 4.79 Å². The summed E-state index contributed by atoms with van der Waals surface area (Å²) in [5.41, 5.74) is 10.4. The number of rotatable bonds is 5. The van der Waals surface area contributed by atoms with Crippen LogP contribution in [0.5, 0.6) is 0 Å². The third kappa shape index (κ3) is 3.74. The summed E-state index contributed by atoms with van der Waals surface area (Å²) in [7, 11) is 0. The number of carbonyl (C=O) groups excluding carboxylic acids is 1. The molecule has 0 bridgehead atoms. The first-order valence-corrected chi connectivity index (χ1v) is 8.62. The second-order valence-electron chi connectivity index (χ2n) is 6.17. The van der Waals surface area contributed by atoms with Crippen LogP contribution >= 0.6 is 0 Å². The molecule has 5 N–H and O–H groups in total. The molecule has 6 heteroatoms. The highest BCUT2D eigenvalue weighted by atomic mass is 16.1. The minimum absolute atomic E-state index is 0.197. The molecule has 1 aromatic heterocycles. The van der Waals surface area contributed by atoms with Crippen LogP contribution < -0.4 is 16.4 Å². The lowest BCUT2D eigenvalue weighted by Gasteiger charge is -2.09. The molecule has 0 atom stereocenters. The fourth-order valence-electron chi connectivity index (χ4n) is 2.82. The van der Waals surface area contributed by atoms with Gasteiger partial charge in [-0.15, -0.1) is 0 Å². The Morgan fingerprint density at radius 3 is 2.48 bits per heavy atom. The Bertz CT molecular complexity index is 1050. The van der Waals surface area contributed by atoms with E-state index in [-0.39, 0.29) is 5.91 Å². The zero-order valence-electron chi connectivity index (χ0n) is 14.6. The van der Waals surface area contributed by atoms with Gasteiger partial charge in [-0.25, -0.2) is 4.98 Å². The van der Waals surface area contributed by atoms with Crippen molar-refractivity contribution in [1.82, 2.24) is 9.97 Å². The molecular formula is C21H19N5O. The van der Waals surface area contributed by atoms with Gasteiger partial charge in [0, 0.05) is 11.3 Å². The Labute approximate surface area is 156 Å². The number of nitrogens with one attached hydrogen (secondary N) is 3. The van der Waals surface area contributed by atoms with Crippen LogP contribution in [0.2, 0.25) is 0 Å². The van der Waals surface area contributed by atoms with Crippen LogP contribution in [0.25, 0.3) is 11.0 Å². The molecule has 0 aliphatic rings. The molecule has 0 aliphatic heterocycles. The van der Waals surface area contributed by atoms with Crippen LogP contribution in [0.1, 0.15) is 16.2 Å². The summed E-state index contributed by atoms with van der Waals surface area (Å²) < 4.78 is 0. The molecule has 1 amide bonds. The fourth-order valence-corrected chi connectivity index (χ4v) is 2.82. The van der Waals surface area contributed by atoms with E-state index in [1.54, 1.807) is 24.3 Å². The van der Waals surface area contributed by atoms with Crippen molar-refractivity contribution >= 4 is 34.0 Å². The van der Waals surface area contributed by atoms with E-state index in [0.717, 1.165) is 22.5 Å². The highest BCUT2D eigenvalue weighted by Crippen LogP contribution is 2.19. The van der Waals surface area contributed by atoms with Gasteiger partial charge in [-0.3, -0.25) is 4.79 Å². The number of para-hydroxylation sites is 4. The summed E-state index contributed by atoms with van der Waals surface area (Å²) in [5, 5.41) is 6.12. The van der Waals surface area contributed by atoms with E-state index < -0.39 is 0 Å². The number of hydrogen-bond donors (Lipinski definition) is 4. The standard InChI is InChI=1S/C21H19N5O/c22-16-5-1-2-6-17(16)26-21(27)14-9-11-15(12-10-14)23-13-20-24-18-7-3-4-8-19(18)25-20/h1-12,23H,13,22H2,(H,24,25)(H,26,27).